The summed E-state index contributed by atoms with van der Waals surface area (Å²) in [5, 5.41) is 9.98. The van der Waals surface area contributed by atoms with Crippen molar-refractivity contribution in [1.29, 1.82) is 0 Å². The lowest BCUT2D eigenvalue weighted by atomic mass is 10.0. The standard InChI is InChI=1S/C45H79O9P/c1-4-5-6-7-25-30-35-42(46)36-31-26-21-18-19-23-28-33-38-45(48)54-43(40-53-55(49,50)51)39-52-44(47)37-32-27-22-17-15-13-11-9-8-10-12-14-16-20-24-29-34-41(2)3/h5-6,19,21,23,25-26,30-31,36,41-43,46H,4,7-18,20,22,24,27-29,32-35,37-40H2,1-3H3,(H2,49,50,51)/b6-5-,23-19-,26-21-,30-25-,36-31+/t42?,43-/m1/s1. The summed E-state index contributed by atoms with van der Waals surface area (Å²) in [7, 11) is -4.79. The third kappa shape index (κ3) is 42.7. The lowest BCUT2D eigenvalue weighted by Crippen LogP contribution is -2.29. The van der Waals surface area contributed by atoms with E-state index in [1.54, 1.807) is 6.08 Å². The van der Waals surface area contributed by atoms with Gasteiger partial charge in [-0.3, -0.25) is 14.1 Å². The Hall–Kier alpha value is -2.29. The molecular formula is C45H79O9P. The third-order valence-corrected chi connectivity index (χ3v) is 9.54. The van der Waals surface area contributed by atoms with E-state index in [2.05, 4.69) is 37.4 Å². The quantitative estimate of drug-likeness (QED) is 0.0183. The van der Waals surface area contributed by atoms with Crippen LogP contribution in [0.25, 0.3) is 0 Å². The molecule has 9 nitrogen and oxygen atoms in total. The van der Waals surface area contributed by atoms with E-state index in [4.69, 9.17) is 19.3 Å². The van der Waals surface area contributed by atoms with Gasteiger partial charge in [0.25, 0.3) is 0 Å². The number of rotatable bonds is 38. The van der Waals surface area contributed by atoms with Crippen LogP contribution in [0, 0.1) is 5.92 Å². The molecule has 0 fully saturated rings. The van der Waals surface area contributed by atoms with Crippen LogP contribution in [-0.2, 0) is 28.2 Å². The van der Waals surface area contributed by atoms with Gasteiger partial charge in [0.15, 0.2) is 6.10 Å². The topological polar surface area (TPSA) is 140 Å². The summed E-state index contributed by atoms with van der Waals surface area (Å²) >= 11 is 0. The van der Waals surface area contributed by atoms with Gasteiger partial charge in [0.05, 0.1) is 12.7 Å². The van der Waals surface area contributed by atoms with Crippen LogP contribution in [0.1, 0.15) is 181 Å². The smallest absolute Gasteiger partial charge is 0.462 e. The second-order valence-electron chi connectivity index (χ2n) is 15.0. The molecular weight excluding hydrogens is 715 g/mol. The molecule has 10 heteroatoms. The molecule has 0 aromatic heterocycles. The number of phosphoric acid groups is 1. The Balaban J connectivity index is 4.04. The van der Waals surface area contributed by atoms with E-state index < -0.39 is 38.6 Å². The van der Waals surface area contributed by atoms with Crippen LogP contribution < -0.4 is 0 Å². The van der Waals surface area contributed by atoms with Crippen molar-refractivity contribution in [3.05, 3.63) is 60.8 Å². The molecule has 0 heterocycles. The highest BCUT2D eigenvalue weighted by Crippen LogP contribution is 2.36. The molecule has 0 aliphatic rings. The van der Waals surface area contributed by atoms with Crippen molar-refractivity contribution in [2.24, 2.45) is 5.92 Å². The second-order valence-corrected chi connectivity index (χ2v) is 16.2. The van der Waals surface area contributed by atoms with Crippen LogP contribution in [0.2, 0.25) is 0 Å². The zero-order chi connectivity index (χ0) is 40.7. The van der Waals surface area contributed by atoms with E-state index in [1.807, 2.05) is 42.5 Å². The van der Waals surface area contributed by atoms with Crippen LogP contribution in [0.4, 0.5) is 0 Å². The lowest BCUT2D eigenvalue weighted by molar-refractivity contribution is -0.161. The molecule has 0 aliphatic heterocycles. The zero-order valence-corrected chi connectivity index (χ0v) is 35.7. The van der Waals surface area contributed by atoms with Crippen molar-refractivity contribution in [2.45, 2.75) is 193 Å². The predicted octanol–water partition coefficient (Wildman–Crippen LogP) is 12.1. The van der Waals surface area contributed by atoms with Gasteiger partial charge < -0.3 is 24.4 Å². The van der Waals surface area contributed by atoms with E-state index in [0.29, 0.717) is 32.1 Å². The van der Waals surface area contributed by atoms with Crippen molar-refractivity contribution in [3.8, 4) is 0 Å². The Labute approximate surface area is 335 Å². The number of hydrogen-bond acceptors (Lipinski definition) is 7. The molecule has 0 rings (SSSR count). The number of ether oxygens (including phenoxy) is 2. The van der Waals surface area contributed by atoms with E-state index in [1.165, 1.54) is 83.5 Å². The van der Waals surface area contributed by atoms with Crippen LogP contribution in [-0.4, -0.2) is 52.3 Å². The van der Waals surface area contributed by atoms with E-state index in [-0.39, 0.29) is 19.4 Å². The van der Waals surface area contributed by atoms with Crippen LogP contribution in [0.3, 0.4) is 0 Å². The largest absolute Gasteiger partial charge is 0.469 e. The first-order chi connectivity index (χ1) is 26.5. The van der Waals surface area contributed by atoms with Gasteiger partial charge in [0.1, 0.15) is 6.61 Å². The number of hydrogen-bond donors (Lipinski definition) is 3. The Morgan fingerprint density at radius 2 is 1.15 bits per heavy atom. The van der Waals surface area contributed by atoms with E-state index >= 15 is 0 Å². The predicted molar refractivity (Wildman–Crippen MR) is 226 cm³/mol. The number of carbonyl (C=O) groups is 2. The number of aliphatic hydroxyl groups excluding tert-OH is 1. The summed E-state index contributed by atoms with van der Waals surface area (Å²) < 4.78 is 26.3. The average Bonchev–Trinajstić information content (AvgIpc) is 3.13. The summed E-state index contributed by atoms with van der Waals surface area (Å²) in [6.07, 6.45) is 44.1. The van der Waals surface area contributed by atoms with Crippen molar-refractivity contribution >= 4 is 19.8 Å². The van der Waals surface area contributed by atoms with Crippen LogP contribution >= 0.6 is 7.82 Å². The number of phosphoric ester groups is 1. The Morgan fingerprint density at radius 1 is 0.618 bits per heavy atom. The summed E-state index contributed by atoms with van der Waals surface area (Å²) in [6, 6.07) is 0. The summed E-state index contributed by atoms with van der Waals surface area (Å²) in [4.78, 5) is 42.9. The van der Waals surface area contributed by atoms with Gasteiger partial charge in [-0.1, -0.05) is 184 Å². The van der Waals surface area contributed by atoms with Crippen molar-refractivity contribution in [3.63, 3.8) is 0 Å². The van der Waals surface area contributed by atoms with Gasteiger partial charge in [0, 0.05) is 12.8 Å². The van der Waals surface area contributed by atoms with Gasteiger partial charge in [-0.15, -0.1) is 0 Å². The highest BCUT2D eigenvalue weighted by molar-refractivity contribution is 7.46. The van der Waals surface area contributed by atoms with Crippen LogP contribution in [0.15, 0.2) is 60.8 Å². The second kappa shape index (κ2) is 38.6. The molecule has 0 saturated heterocycles. The molecule has 2 atom stereocenters. The van der Waals surface area contributed by atoms with Crippen molar-refractivity contribution in [1.82, 2.24) is 0 Å². The molecule has 1 unspecified atom stereocenters. The molecule has 0 aliphatic carbocycles. The summed E-state index contributed by atoms with van der Waals surface area (Å²) in [5.74, 6) is -0.155. The number of allylic oxidation sites excluding steroid dienone is 8. The normalized spacial score (nSPS) is 13.7. The highest BCUT2D eigenvalue weighted by atomic mass is 31.2. The van der Waals surface area contributed by atoms with Gasteiger partial charge in [0.2, 0.25) is 0 Å². The fourth-order valence-corrected chi connectivity index (χ4v) is 6.21. The minimum atomic E-state index is -4.79. The highest BCUT2D eigenvalue weighted by Gasteiger charge is 2.22. The first kappa shape index (κ1) is 52.7. The zero-order valence-electron chi connectivity index (χ0n) is 34.8. The first-order valence-electron chi connectivity index (χ1n) is 21.5. The molecule has 318 valence electrons. The molecule has 0 spiro atoms. The van der Waals surface area contributed by atoms with E-state index in [9.17, 15) is 19.3 Å². The maximum Gasteiger partial charge on any atom is 0.469 e. The maximum atomic E-state index is 12.4. The molecule has 0 bridgehead atoms. The summed E-state index contributed by atoms with van der Waals surface area (Å²) in [6.45, 7) is 5.81. The molecule has 0 aromatic carbocycles. The van der Waals surface area contributed by atoms with E-state index in [0.717, 1.165) is 38.0 Å². The SMILES string of the molecule is CC/C=C\C/C=C\CC(O)/C=C/C=C\C/C=C\CCCC(=O)O[C@H](COC(=O)CCCCCCCCCCCCCCCCCCC(C)C)COP(=O)(O)O. The van der Waals surface area contributed by atoms with Crippen molar-refractivity contribution < 1.29 is 43.0 Å². The monoisotopic (exact) mass is 795 g/mol. The molecule has 55 heavy (non-hydrogen) atoms. The fraction of sp³-hybridized carbons (Fsp3) is 0.733. The first-order valence-corrected chi connectivity index (χ1v) is 23.1. The fourth-order valence-electron chi connectivity index (χ4n) is 5.85. The van der Waals surface area contributed by atoms with Gasteiger partial charge in [-0.25, -0.2) is 4.57 Å². The molecule has 3 N–H and O–H groups in total. The van der Waals surface area contributed by atoms with Gasteiger partial charge in [-0.05, 0) is 50.9 Å². The minimum Gasteiger partial charge on any atom is -0.462 e. The molecule has 0 aromatic rings. The van der Waals surface area contributed by atoms with Crippen molar-refractivity contribution in [2.75, 3.05) is 13.2 Å². The van der Waals surface area contributed by atoms with Gasteiger partial charge >= 0.3 is 19.8 Å². The van der Waals surface area contributed by atoms with Gasteiger partial charge in [-0.2, -0.15) is 0 Å². The Morgan fingerprint density at radius 3 is 1.73 bits per heavy atom. The average molecular weight is 795 g/mol. The number of unbranched alkanes of at least 4 members (excludes halogenated alkanes) is 16. The maximum absolute atomic E-state index is 12.4. The number of aliphatic hydroxyl groups is 1. The Bertz CT molecular complexity index is 1110. The molecule has 0 radical (unpaired) electrons. The number of carbonyl (C=O) groups excluding carboxylic acids is 2. The minimum absolute atomic E-state index is 0.101. The Kier molecular flexibility index (Phi) is 37.0. The molecule has 0 saturated carbocycles. The summed E-state index contributed by atoms with van der Waals surface area (Å²) in [5.41, 5.74) is 0. The lowest BCUT2D eigenvalue weighted by Gasteiger charge is -2.18. The number of esters is 2. The molecule has 0 amide bonds. The third-order valence-electron chi connectivity index (χ3n) is 9.06. The van der Waals surface area contributed by atoms with Crippen LogP contribution in [0.5, 0.6) is 0 Å².